The summed E-state index contributed by atoms with van der Waals surface area (Å²) >= 11 is 1.77. The first-order valence-corrected chi connectivity index (χ1v) is 10.3. The Morgan fingerprint density at radius 3 is 2.54 bits per heavy atom. The molecule has 1 N–H and O–H groups in total. The molecule has 2 atom stereocenters. The third-order valence-electron chi connectivity index (χ3n) is 5.25. The third-order valence-corrected chi connectivity index (χ3v) is 6.19. The molecule has 2 aromatic rings. The van der Waals surface area contributed by atoms with Crippen LogP contribution in [0.15, 0.2) is 30.5 Å². The standard InChI is InChI=1S/C19H21F3N4OS/c1-12-2-4-13(5-3-12)15-10-16(19(20,21)22)26-17(24-15)14(11-23-26)18(27)25-6-8-28-9-7-25/h2-5,11,15-16,24H,6-10H2,1H3/t15-,16+/m1/s1. The molecule has 2 aliphatic heterocycles. The molecule has 28 heavy (non-hydrogen) atoms. The van der Waals surface area contributed by atoms with Crippen molar-refractivity contribution in [3.63, 3.8) is 0 Å². The zero-order valence-corrected chi connectivity index (χ0v) is 16.2. The number of alkyl halides is 3. The summed E-state index contributed by atoms with van der Waals surface area (Å²) < 4.78 is 42.2. The highest BCUT2D eigenvalue weighted by atomic mass is 32.2. The topological polar surface area (TPSA) is 50.2 Å². The second-order valence-electron chi connectivity index (χ2n) is 7.16. The van der Waals surface area contributed by atoms with Crippen LogP contribution in [0.4, 0.5) is 19.0 Å². The zero-order valence-electron chi connectivity index (χ0n) is 15.4. The molecule has 1 fully saturated rings. The molecule has 0 aliphatic carbocycles. The summed E-state index contributed by atoms with van der Waals surface area (Å²) in [5.74, 6) is 1.56. The zero-order chi connectivity index (χ0) is 19.9. The van der Waals surface area contributed by atoms with Gasteiger partial charge in [0.05, 0.1) is 12.2 Å². The lowest BCUT2D eigenvalue weighted by Crippen LogP contribution is -2.39. The number of carbonyl (C=O) groups is 1. The van der Waals surface area contributed by atoms with Crippen LogP contribution in [-0.2, 0) is 0 Å². The SMILES string of the molecule is Cc1ccc([C@H]2C[C@@H](C(F)(F)F)n3ncc(C(=O)N4CCSCC4)c3N2)cc1. The number of carbonyl (C=O) groups excluding carboxylic acids is 1. The normalized spacial score (nSPS) is 22.5. The molecule has 0 spiro atoms. The molecule has 1 saturated heterocycles. The van der Waals surface area contributed by atoms with Gasteiger partial charge in [0.1, 0.15) is 11.4 Å². The molecule has 0 unspecified atom stereocenters. The predicted octanol–water partition coefficient (Wildman–Crippen LogP) is 4.04. The van der Waals surface area contributed by atoms with Crippen molar-refractivity contribution in [2.24, 2.45) is 0 Å². The minimum absolute atomic E-state index is 0.155. The van der Waals surface area contributed by atoms with Crippen LogP contribution in [-0.4, -0.2) is 51.4 Å². The molecule has 1 aromatic carbocycles. The monoisotopic (exact) mass is 410 g/mol. The van der Waals surface area contributed by atoms with Crippen LogP contribution in [0.25, 0.3) is 0 Å². The van der Waals surface area contributed by atoms with Gasteiger partial charge in [-0.2, -0.15) is 30.0 Å². The number of benzene rings is 1. The molecular formula is C19H21F3N4OS. The maximum atomic E-state index is 13.8. The average molecular weight is 410 g/mol. The molecule has 2 aliphatic rings. The summed E-state index contributed by atoms with van der Waals surface area (Å²) in [6, 6.07) is 5.10. The number of fused-ring (bicyclic) bond motifs is 1. The maximum absolute atomic E-state index is 13.8. The Labute approximate surface area is 165 Å². The van der Waals surface area contributed by atoms with Crippen LogP contribution in [0.2, 0.25) is 0 Å². The van der Waals surface area contributed by atoms with Gasteiger partial charge in [-0.05, 0) is 12.5 Å². The number of aromatic nitrogens is 2. The van der Waals surface area contributed by atoms with E-state index in [9.17, 15) is 18.0 Å². The lowest BCUT2D eigenvalue weighted by molar-refractivity contribution is -0.173. The van der Waals surface area contributed by atoms with E-state index in [1.165, 1.54) is 6.20 Å². The second kappa shape index (κ2) is 7.35. The van der Waals surface area contributed by atoms with Gasteiger partial charge >= 0.3 is 6.18 Å². The summed E-state index contributed by atoms with van der Waals surface area (Å²) in [4.78, 5) is 14.6. The number of hydrogen-bond acceptors (Lipinski definition) is 4. The van der Waals surface area contributed by atoms with Crippen LogP contribution >= 0.6 is 11.8 Å². The van der Waals surface area contributed by atoms with Crippen LogP contribution in [0, 0.1) is 6.92 Å². The summed E-state index contributed by atoms with van der Waals surface area (Å²) in [6.45, 7) is 3.12. The summed E-state index contributed by atoms with van der Waals surface area (Å²) in [6.07, 6.45) is -3.36. The van der Waals surface area contributed by atoms with Gasteiger partial charge in [0.25, 0.3) is 5.91 Å². The fraction of sp³-hybridized carbons (Fsp3) is 0.474. The van der Waals surface area contributed by atoms with Gasteiger partial charge in [-0.1, -0.05) is 29.8 Å². The first-order valence-electron chi connectivity index (χ1n) is 9.19. The van der Waals surface area contributed by atoms with Crippen molar-refractivity contribution >= 4 is 23.5 Å². The van der Waals surface area contributed by atoms with Gasteiger partial charge < -0.3 is 10.2 Å². The number of hydrogen-bond donors (Lipinski definition) is 1. The lowest BCUT2D eigenvalue weighted by atomic mass is 9.96. The van der Waals surface area contributed by atoms with E-state index < -0.39 is 18.3 Å². The molecule has 1 amide bonds. The van der Waals surface area contributed by atoms with Gasteiger partial charge in [-0.25, -0.2) is 4.68 Å². The van der Waals surface area contributed by atoms with Gasteiger partial charge in [-0.15, -0.1) is 0 Å². The number of thioether (sulfide) groups is 1. The van der Waals surface area contributed by atoms with Crippen molar-refractivity contribution in [1.29, 1.82) is 0 Å². The Morgan fingerprint density at radius 1 is 1.21 bits per heavy atom. The van der Waals surface area contributed by atoms with Crippen molar-refractivity contribution in [3.8, 4) is 0 Å². The van der Waals surface area contributed by atoms with Crippen molar-refractivity contribution in [1.82, 2.24) is 14.7 Å². The fourth-order valence-electron chi connectivity index (χ4n) is 3.67. The molecule has 1 aromatic heterocycles. The number of aryl methyl sites for hydroxylation is 1. The lowest BCUT2D eigenvalue weighted by Gasteiger charge is -2.34. The molecule has 9 heteroatoms. The van der Waals surface area contributed by atoms with Gasteiger partial charge in [-0.3, -0.25) is 4.79 Å². The van der Waals surface area contributed by atoms with E-state index in [0.717, 1.165) is 27.3 Å². The van der Waals surface area contributed by atoms with Crippen molar-refractivity contribution in [2.45, 2.75) is 31.6 Å². The van der Waals surface area contributed by atoms with E-state index in [-0.39, 0.29) is 23.7 Å². The first-order chi connectivity index (χ1) is 13.3. The van der Waals surface area contributed by atoms with E-state index in [0.29, 0.717) is 13.1 Å². The number of nitrogens with one attached hydrogen (secondary N) is 1. The van der Waals surface area contributed by atoms with E-state index in [2.05, 4.69) is 10.4 Å². The Balaban J connectivity index is 1.70. The molecule has 4 rings (SSSR count). The van der Waals surface area contributed by atoms with Crippen LogP contribution < -0.4 is 5.32 Å². The van der Waals surface area contributed by atoms with Crippen molar-refractivity contribution in [3.05, 3.63) is 47.2 Å². The quantitative estimate of drug-likeness (QED) is 0.812. The highest BCUT2D eigenvalue weighted by Crippen LogP contribution is 2.44. The highest BCUT2D eigenvalue weighted by Gasteiger charge is 2.47. The average Bonchev–Trinajstić information content (AvgIpc) is 3.11. The predicted molar refractivity (Wildman–Crippen MR) is 103 cm³/mol. The number of anilines is 1. The molecule has 150 valence electrons. The van der Waals surface area contributed by atoms with E-state index in [4.69, 9.17) is 0 Å². The Kier molecular flexibility index (Phi) is 5.03. The molecule has 0 saturated carbocycles. The smallest absolute Gasteiger partial charge is 0.363 e. The highest BCUT2D eigenvalue weighted by molar-refractivity contribution is 7.99. The van der Waals surface area contributed by atoms with Crippen molar-refractivity contribution < 1.29 is 18.0 Å². The minimum atomic E-state index is -4.45. The molecule has 5 nitrogen and oxygen atoms in total. The summed E-state index contributed by atoms with van der Waals surface area (Å²) in [7, 11) is 0. The van der Waals surface area contributed by atoms with Crippen molar-refractivity contribution in [2.75, 3.05) is 29.9 Å². The number of rotatable bonds is 2. The van der Waals surface area contributed by atoms with E-state index in [1.54, 1.807) is 16.7 Å². The summed E-state index contributed by atoms with van der Waals surface area (Å²) in [5, 5.41) is 7.10. The number of amides is 1. The Bertz CT molecular complexity index is 859. The fourth-order valence-corrected chi connectivity index (χ4v) is 4.58. The first kappa shape index (κ1) is 19.2. The Morgan fingerprint density at radius 2 is 1.89 bits per heavy atom. The number of halogens is 3. The van der Waals surface area contributed by atoms with Gasteiger partial charge in [0.15, 0.2) is 6.04 Å². The largest absolute Gasteiger partial charge is 0.410 e. The second-order valence-corrected chi connectivity index (χ2v) is 8.38. The Hall–Kier alpha value is -2.16. The van der Waals surface area contributed by atoms with E-state index >= 15 is 0 Å². The van der Waals surface area contributed by atoms with Gasteiger partial charge in [0.2, 0.25) is 0 Å². The minimum Gasteiger partial charge on any atom is -0.363 e. The molecular weight excluding hydrogens is 389 g/mol. The van der Waals surface area contributed by atoms with E-state index in [1.807, 2.05) is 31.2 Å². The van der Waals surface area contributed by atoms with Crippen LogP contribution in [0.1, 0.15) is 40.0 Å². The molecule has 0 radical (unpaired) electrons. The third kappa shape index (κ3) is 3.59. The summed E-state index contributed by atoms with van der Waals surface area (Å²) in [5.41, 5.74) is 2.01. The van der Waals surface area contributed by atoms with Crippen LogP contribution in [0.3, 0.4) is 0 Å². The number of nitrogens with zero attached hydrogens (tertiary/aromatic N) is 3. The molecule has 0 bridgehead atoms. The molecule has 3 heterocycles. The van der Waals surface area contributed by atoms with Gasteiger partial charge in [0, 0.05) is 31.0 Å². The maximum Gasteiger partial charge on any atom is 0.410 e. The van der Waals surface area contributed by atoms with Crippen LogP contribution in [0.5, 0.6) is 0 Å².